The Hall–Kier alpha value is -1.71. The monoisotopic (exact) mass is 308 g/mol. The minimum atomic E-state index is -0.358. The molecule has 0 aliphatic carbocycles. The summed E-state index contributed by atoms with van der Waals surface area (Å²) in [6, 6.07) is 10.6. The molecule has 0 atom stereocenters. The molecule has 0 aliphatic heterocycles. The minimum absolute atomic E-state index is 0.324. The van der Waals surface area contributed by atoms with Crippen LogP contribution in [0.4, 0.5) is 16.2 Å². The first-order chi connectivity index (χ1) is 9.47. The molecule has 2 rings (SSSR count). The van der Waals surface area contributed by atoms with Crippen molar-refractivity contribution < 1.29 is 4.79 Å². The molecular weight excluding hydrogens is 295 g/mol. The summed E-state index contributed by atoms with van der Waals surface area (Å²) in [5.74, 6) is 0. The van der Waals surface area contributed by atoms with Crippen LogP contribution in [-0.4, -0.2) is 6.03 Å². The predicted molar refractivity (Wildman–Crippen MR) is 85.0 cm³/mol. The first-order valence-electron chi connectivity index (χ1n) is 6.06. The van der Waals surface area contributed by atoms with Crippen LogP contribution in [0, 0.1) is 13.8 Å². The van der Waals surface area contributed by atoms with Crippen LogP contribution in [0.5, 0.6) is 0 Å². The number of hydrogen-bond donors (Lipinski definition) is 2. The third-order valence-electron chi connectivity index (χ3n) is 2.84. The average Bonchev–Trinajstić information content (AvgIpc) is 2.39. The third kappa shape index (κ3) is 3.44. The summed E-state index contributed by atoms with van der Waals surface area (Å²) in [4.78, 5) is 12.0. The molecule has 0 saturated carbocycles. The molecule has 0 bridgehead atoms. The summed E-state index contributed by atoms with van der Waals surface area (Å²) >= 11 is 11.9. The zero-order chi connectivity index (χ0) is 14.7. The van der Waals surface area contributed by atoms with Crippen LogP contribution in [0.3, 0.4) is 0 Å². The van der Waals surface area contributed by atoms with Crippen LogP contribution in [0.2, 0.25) is 10.0 Å². The predicted octanol–water partition coefficient (Wildman–Crippen LogP) is 5.25. The lowest BCUT2D eigenvalue weighted by molar-refractivity contribution is 0.262. The molecule has 3 nitrogen and oxygen atoms in total. The lowest BCUT2D eigenvalue weighted by atomic mass is 10.1. The van der Waals surface area contributed by atoms with E-state index in [1.54, 1.807) is 18.2 Å². The van der Waals surface area contributed by atoms with E-state index < -0.39 is 0 Å². The molecule has 0 unspecified atom stereocenters. The van der Waals surface area contributed by atoms with Gasteiger partial charge in [-0.15, -0.1) is 0 Å². The topological polar surface area (TPSA) is 41.1 Å². The Morgan fingerprint density at radius 1 is 1.00 bits per heavy atom. The van der Waals surface area contributed by atoms with Crippen molar-refractivity contribution in [2.24, 2.45) is 0 Å². The molecule has 2 amide bonds. The quantitative estimate of drug-likeness (QED) is 0.781. The molecular formula is C15H14Cl2N2O. The summed E-state index contributed by atoms with van der Waals surface area (Å²) in [6.45, 7) is 3.90. The van der Waals surface area contributed by atoms with Crippen molar-refractivity contribution >= 4 is 40.6 Å². The van der Waals surface area contributed by atoms with Gasteiger partial charge in [-0.05, 0) is 43.2 Å². The highest BCUT2D eigenvalue weighted by atomic mass is 35.5. The van der Waals surface area contributed by atoms with Gasteiger partial charge in [0.1, 0.15) is 0 Å². The number of benzene rings is 2. The Morgan fingerprint density at radius 2 is 1.70 bits per heavy atom. The van der Waals surface area contributed by atoms with Crippen LogP contribution >= 0.6 is 23.2 Å². The molecule has 0 aliphatic rings. The van der Waals surface area contributed by atoms with Gasteiger partial charge in [-0.2, -0.15) is 0 Å². The number of rotatable bonds is 2. The number of halogens is 2. The van der Waals surface area contributed by atoms with E-state index >= 15 is 0 Å². The first-order valence-corrected chi connectivity index (χ1v) is 6.82. The number of hydrogen-bond acceptors (Lipinski definition) is 1. The van der Waals surface area contributed by atoms with Gasteiger partial charge in [0, 0.05) is 5.69 Å². The van der Waals surface area contributed by atoms with Crippen LogP contribution < -0.4 is 10.6 Å². The fourth-order valence-corrected chi connectivity index (χ4v) is 2.09. The largest absolute Gasteiger partial charge is 0.323 e. The normalized spacial score (nSPS) is 10.2. The zero-order valence-corrected chi connectivity index (χ0v) is 12.6. The molecule has 5 heteroatoms. The molecule has 2 N–H and O–H groups in total. The van der Waals surface area contributed by atoms with Gasteiger partial charge in [0.15, 0.2) is 0 Å². The van der Waals surface area contributed by atoms with Gasteiger partial charge in [-0.1, -0.05) is 41.4 Å². The molecule has 2 aromatic carbocycles. The van der Waals surface area contributed by atoms with Crippen LogP contribution in [0.25, 0.3) is 0 Å². The second-order valence-corrected chi connectivity index (χ2v) is 5.28. The molecule has 104 valence electrons. The summed E-state index contributed by atoms with van der Waals surface area (Å²) in [6.07, 6.45) is 0. The van der Waals surface area contributed by atoms with Crippen molar-refractivity contribution in [1.82, 2.24) is 0 Å². The SMILES string of the molecule is Cc1ccc(C)c(NC(=O)Nc2cccc(Cl)c2Cl)c1. The molecule has 0 saturated heterocycles. The summed E-state index contributed by atoms with van der Waals surface area (Å²) < 4.78 is 0. The lowest BCUT2D eigenvalue weighted by Gasteiger charge is -2.12. The second-order valence-electron chi connectivity index (χ2n) is 4.50. The molecule has 0 spiro atoms. The number of anilines is 2. The molecule has 20 heavy (non-hydrogen) atoms. The lowest BCUT2D eigenvalue weighted by Crippen LogP contribution is -2.20. The van der Waals surface area contributed by atoms with Crippen molar-refractivity contribution in [2.45, 2.75) is 13.8 Å². The van der Waals surface area contributed by atoms with E-state index in [-0.39, 0.29) is 6.03 Å². The standard InChI is InChI=1S/C15H14Cl2N2O/c1-9-6-7-10(2)13(8-9)19-15(20)18-12-5-3-4-11(16)14(12)17/h3-8H,1-2H3,(H2,18,19,20). The molecule has 0 heterocycles. The van der Waals surface area contributed by atoms with E-state index in [9.17, 15) is 4.79 Å². The van der Waals surface area contributed by atoms with Crippen LogP contribution in [0.15, 0.2) is 36.4 Å². The zero-order valence-electron chi connectivity index (χ0n) is 11.1. The van der Waals surface area contributed by atoms with Crippen molar-refractivity contribution in [3.63, 3.8) is 0 Å². The number of amides is 2. The van der Waals surface area contributed by atoms with Crippen molar-refractivity contribution in [3.05, 3.63) is 57.6 Å². The van der Waals surface area contributed by atoms with E-state index in [1.807, 2.05) is 32.0 Å². The Morgan fingerprint density at radius 3 is 2.45 bits per heavy atom. The molecule has 0 radical (unpaired) electrons. The second kappa shape index (κ2) is 6.16. The maximum absolute atomic E-state index is 12.0. The van der Waals surface area contributed by atoms with Gasteiger partial charge in [-0.3, -0.25) is 0 Å². The smallest absolute Gasteiger partial charge is 0.307 e. The highest BCUT2D eigenvalue weighted by Gasteiger charge is 2.09. The number of aryl methyl sites for hydroxylation is 2. The van der Waals surface area contributed by atoms with Gasteiger partial charge < -0.3 is 10.6 Å². The van der Waals surface area contributed by atoms with E-state index in [2.05, 4.69) is 10.6 Å². The number of carbonyl (C=O) groups excluding carboxylic acids is 1. The van der Waals surface area contributed by atoms with Gasteiger partial charge >= 0.3 is 6.03 Å². The molecule has 0 fully saturated rings. The van der Waals surface area contributed by atoms with E-state index in [4.69, 9.17) is 23.2 Å². The summed E-state index contributed by atoms with van der Waals surface area (Å²) in [5.41, 5.74) is 3.30. The minimum Gasteiger partial charge on any atom is -0.307 e. The van der Waals surface area contributed by atoms with Crippen LogP contribution in [0.1, 0.15) is 11.1 Å². The fraction of sp³-hybridized carbons (Fsp3) is 0.133. The molecule has 0 aromatic heterocycles. The Labute approximate surface area is 127 Å². The van der Waals surface area contributed by atoms with E-state index in [0.717, 1.165) is 16.8 Å². The number of nitrogens with one attached hydrogen (secondary N) is 2. The maximum atomic E-state index is 12.0. The Balaban J connectivity index is 2.13. The number of carbonyl (C=O) groups is 1. The number of urea groups is 1. The third-order valence-corrected chi connectivity index (χ3v) is 3.66. The summed E-state index contributed by atoms with van der Waals surface area (Å²) in [7, 11) is 0. The van der Waals surface area contributed by atoms with Gasteiger partial charge in [0.25, 0.3) is 0 Å². The Kier molecular flexibility index (Phi) is 4.53. The van der Waals surface area contributed by atoms with Crippen molar-refractivity contribution in [3.8, 4) is 0 Å². The summed E-state index contributed by atoms with van der Waals surface area (Å²) in [5, 5.41) is 6.20. The van der Waals surface area contributed by atoms with Crippen LogP contribution in [-0.2, 0) is 0 Å². The highest BCUT2D eigenvalue weighted by molar-refractivity contribution is 6.44. The van der Waals surface area contributed by atoms with E-state index in [0.29, 0.717) is 15.7 Å². The van der Waals surface area contributed by atoms with E-state index in [1.165, 1.54) is 0 Å². The maximum Gasteiger partial charge on any atom is 0.323 e. The van der Waals surface area contributed by atoms with Crippen molar-refractivity contribution in [1.29, 1.82) is 0 Å². The van der Waals surface area contributed by atoms with Gasteiger partial charge in [0.2, 0.25) is 0 Å². The first kappa shape index (κ1) is 14.7. The molecule has 2 aromatic rings. The van der Waals surface area contributed by atoms with Gasteiger partial charge in [0.05, 0.1) is 15.7 Å². The fourth-order valence-electron chi connectivity index (χ4n) is 1.75. The van der Waals surface area contributed by atoms with Gasteiger partial charge in [-0.25, -0.2) is 4.79 Å². The highest BCUT2D eigenvalue weighted by Crippen LogP contribution is 2.29. The Bertz CT molecular complexity index is 650. The average molecular weight is 309 g/mol. The van der Waals surface area contributed by atoms with Crippen molar-refractivity contribution in [2.75, 3.05) is 10.6 Å².